The lowest BCUT2D eigenvalue weighted by molar-refractivity contribution is -0.0494. The maximum atomic E-state index is 13.2. The standard InChI is InChI=1S/C17H17F2NO/c1-12-10-13-4-2-3-5-14(13)11-15(12)16(21)20-8-6-17(18,19)7-9-20/h2-5,10-11H,6-9H2,1H3. The normalized spacial score (nSPS) is 18.0. The Balaban J connectivity index is 1.89. The van der Waals surface area contributed by atoms with Gasteiger partial charge in [0.1, 0.15) is 0 Å². The minimum atomic E-state index is -2.63. The molecule has 1 saturated heterocycles. The Labute approximate surface area is 122 Å². The van der Waals surface area contributed by atoms with Crippen LogP contribution in [0.4, 0.5) is 8.78 Å². The highest BCUT2D eigenvalue weighted by Crippen LogP contribution is 2.29. The number of likely N-dealkylation sites (tertiary alicyclic amines) is 1. The highest BCUT2D eigenvalue weighted by molar-refractivity contribution is 6.00. The molecule has 110 valence electrons. The quantitative estimate of drug-likeness (QED) is 0.776. The van der Waals surface area contributed by atoms with Gasteiger partial charge in [-0.2, -0.15) is 0 Å². The highest BCUT2D eigenvalue weighted by Gasteiger charge is 2.36. The number of nitrogens with zero attached hydrogens (tertiary/aromatic N) is 1. The van der Waals surface area contributed by atoms with E-state index in [0.29, 0.717) is 5.56 Å². The van der Waals surface area contributed by atoms with Crippen LogP contribution in [0, 0.1) is 6.92 Å². The molecule has 0 unspecified atom stereocenters. The number of piperidine rings is 1. The Morgan fingerprint density at radius 2 is 1.67 bits per heavy atom. The lowest BCUT2D eigenvalue weighted by Crippen LogP contribution is -2.42. The van der Waals surface area contributed by atoms with E-state index in [1.807, 2.05) is 43.3 Å². The summed E-state index contributed by atoms with van der Waals surface area (Å²) in [5, 5.41) is 2.07. The third kappa shape index (κ3) is 2.75. The van der Waals surface area contributed by atoms with Crippen molar-refractivity contribution in [2.24, 2.45) is 0 Å². The smallest absolute Gasteiger partial charge is 0.254 e. The van der Waals surface area contributed by atoms with Crippen molar-refractivity contribution in [2.75, 3.05) is 13.1 Å². The number of amides is 1. The van der Waals surface area contributed by atoms with E-state index in [1.165, 1.54) is 4.90 Å². The van der Waals surface area contributed by atoms with Gasteiger partial charge >= 0.3 is 0 Å². The van der Waals surface area contributed by atoms with E-state index in [1.54, 1.807) is 0 Å². The number of alkyl halides is 2. The first-order valence-corrected chi connectivity index (χ1v) is 7.13. The molecule has 0 bridgehead atoms. The maximum absolute atomic E-state index is 13.2. The topological polar surface area (TPSA) is 20.3 Å². The van der Waals surface area contributed by atoms with Crippen molar-refractivity contribution in [1.29, 1.82) is 0 Å². The van der Waals surface area contributed by atoms with Gasteiger partial charge in [0.15, 0.2) is 0 Å². The number of rotatable bonds is 1. The summed E-state index contributed by atoms with van der Waals surface area (Å²) in [6.07, 6.45) is -0.489. The van der Waals surface area contributed by atoms with Gasteiger partial charge in [-0.05, 0) is 29.3 Å². The Morgan fingerprint density at radius 1 is 1.10 bits per heavy atom. The molecule has 1 amide bonds. The van der Waals surface area contributed by atoms with Gasteiger partial charge in [-0.1, -0.05) is 30.3 Å². The van der Waals surface area contributed by atoms with Gasteiger partial charge in [0.05, 0.1) is 0 Å². The molecule has 21 heavy (non-hydrogen) atoms. The van der Waals surface area contributed by atoms with Crippen molar-refractivity contribution >= 4 is 16.7 Å². The van der Waals surface area contributed by atoms with Gasteiger partial charge in [-0.25, -0.2) is 8.78 Å². The first-order valence-electron chi connectivity index (χ1n) is 7.13. The zero-order valence-electron chi connectivity index (χ0n) is 11.9. The SMILES string of the molecule is Cc1cc2ccccc2cc1C(=O)N1CCC(F)(F)CC1. The molecule has 0 saturated carbocycles. The molecule has 2 aromatic rings. The van der Waals surface area contributed by atoms with E-state index in [9.17, 15) is 13.6 Å². The van der Waals surface area contributed by atoms with E-state index >= 15 is 0 Å². The number of benzene rings is 2. The molecular formula is C17H17F2NO. The number of hydrogen-bond donors (Lipinski definition) is 0. The molecule has 0 radical (unpaired) electrons. The molecule has 1 aliphatic rings. The van der Waals surface area contributed by atoms with Gasteiger partial charge in [0, 0.05) is 31.5 Å². The summed E-state index contributed by atoms with van der Waals surface area (Å²) in [5.74, 6) is -2.77. The third-order valence-corrected chi connectivity index (χ3v) is 4.11. The largest absolute Gasteiger partial charge is 0.338 e. The molecule has 0 atom stereocenters. The van der Waals surface area contributed by atoms with Crippen molar-refractivity contribution in [2.45, 2.75) is 25.7 Å². The number of carbonyl (C=O) groups excluding carboxylic acids is 1. The fourth-order valence-electron chi connectivity index (χ4n) is 2.79. The molecule has 0 spiro atoms. The average Bonchev–Trinajstić information content (AvgIpc) is 2.46. The van der Waals surface area contributed by atoms with E-state index in [0.717, 1.165) is 16.3 Å². The van der Waals surface area contributed by atoms with Crippen molar-refractivity contribution < 1.29 is 13.6 Å². The Kier molecular flexibility index (Phi) is 3.40. The Morgan fingerprint density at radius 3 is 2.29 bits per heavy atom. The second-order valence-electron chi connectivity index (χ2n) is 5.66. The van der Waals surface area contributed by atoms with Crippen LogP contribution in [0.3, 0.4) is 0 Å². The second kappa shape index (κ2) is 5.10. The van der Waals surface area contributed by atoms with Crippen LogP contribution in [-0.2, 0) is 0 Å². The highest BCUT2D eigenvalue weighted by atomic mass is 19.3. The summed E-state index contributed by atoms with van der Waals surface area (Å²) in [6, 6.07) is 11.7. The second-order valence-corrected chi connectivity index (χ2v) is 5.66. The predicted molar refractivity (Wildman–Crippen MR) is 78.8 cm³/mol. The summed E-state index contributed by atoms with van der Waals surface area (Å²) in [4.78, 5) is 14.1. The molecule has 0 N–H and O–H groups in total. The van der Waals surface area contributed by atoms with E-state index in [4.69, 9.17) is 0 Å². The maximum Gasteiger partial charge on any atom is 0.254 e. The van der Waals surface area contributed by atoms with Gasteiger partial charge in [0.25, 0.3) is 11.8 Å². The van der Waals surface area contributed by atoms with E-state index in [-0.39, 0.29) is 31.8 Å². The number of carbonyl (C=O) groups is 1. The molecule has 1 heterocycles. The molecular weight excluding hydrogens is 272 g/mol. The summed E-state index contributed by atoms with van der Waals surface area (Å²) in [7, 11) is 0. The first-order chi connectivity index (χ1) is 9.96. The molecule has 0 aromatic heterocycles. The Bertz CT molecular complexity index is 686. The average molecular weight is 289 g/mol. The molecule has 0 aliphatic carbocycles. The van der Waals surface area contributed by atoms with Crippen LogP contribution < -0.4 is 0 Å². The van der Waals surface area contributed by atoms with Crippen LogP contribution in [0.5, 0.6) is 0 Å². The monoisotopic (exact) mass is 289 g/mol. The lowest BCUT2D eigenvalue weighted by atomic mass is 9.99. The molecule has 2 aromatic carbocycles. The van der Waals surface area contributed by atoms with Gasteiger partial charge in [0.2, 0.25) is 0 Å². The summed E-state index contributed by atoms with van der Waals surface area (Å²) < 4.78 is 26.4. The van der Waals surface area contributed by atoms with E-state index in [2.05, 4.69) is 0 Å². The minimum absolute atomic E-state index is 0.123. The zero-order chi connectivity index (χ0) is 15.0. The first kappa shape index (κ1) is 14.0. The molecule has 2 nitrogen and oxygen atoms in total. The molecule has 3 rings (SSSR count). The minimum Gasteiger partial charge on any atom is -0.338 e. The summed E-state index contributed by atoms with van der Waals surface area (Å²) in [5.41, 5.74) is 1.50. The van der Waals surface area contributed by atoms with Crippen molar-refractivity contribution in [3.63, 3.8) is 0 Å². The number of halogens is 2. The fraction of sp³-hybridized carbons (Fsp3) is 0.353. The lowest BCUT2D eigenvalue weighted by Gasteiger charge is -2.32. The van der Waals surface area contributed by atoms with Gasteiger partial charge in [-0.3, -0.25) is 4.79 Å². The third-order valence-electron chi connectivity index (χ3n) is 4.11. The molecule has 1 aliphatic heterocycles. The summed E-state index contributed by atoms with van der Waals surface area (Å²) >= 11 is 0. The molecule has 1 fully saturated rings. The fourth-order valence-corrected chi connectivity index (χ4v) is 2.79. The van der Waals surface area contributed by atoms with Crippen molar-refractivity contribution in [3.8, 4) is 0 Å². The van der Waals surface area contributed by atoms with Crippen LogP contribution in [0.25, 0.3) is 10.8 Å². The van der Waals surface area contributed by atoms with E-state index < -0.39 is 5.92 Å². The predicted octanol–water partition coefficient (Wildman–Crippen LogP) is 4.02. The van der Waals surface area contributed by atoms with Gasteiger partial charge < -0.3 is 4.90 Å². The number of aryl methyl sites for hydroxylation is 1. The molecule has 4 heteroatoms. The van der Waals surface area contributed by atoms with Crippen molar-refractivity contribution in [3.05, 3.63) is 47.5 Å². The van der Waals surface area contributed by atoms with Crippen LogP contribution in [0.15, 0.2) is 36.4 Å². The summed E-state index contributed by atoms with van der Waals surface area (Å²) in [6.45, 7) is 2.13. The number of fused-ring (bicyclic) bond motifs is 1. The van der Waals surface area contributed by atoms with Crippen LogP contribution >= 0.6 is 0 Å². The van der Waals surface area contributed by atoms with Crippen LogP contribution in [0.1, 0.15) is 28.8 Å². The van der Waals surface area contributed by atoms with Gasteiger partial charge in [-0.15, -0.1) is 0 Å². The van der Waals surface area contributed by atoms with Crippen LogP contribution in [0.2, 0.25) is 0 Å². The zero-order valence-corrected chi connectivity index (χ0v) is 11.9. The number of hydrogen-bond acceptors (Lipinski definition) is 1. The van der Waals surface area contributed by atoms with Crippen LogP contribution in [-0.4, -0.2) is 29.8 Å². The Hall–Kier alpha value is -1.97. The van der Waals surface area contributed by atoms with Crippen molar-refractivity contribution in [1.82, 2.24) is 4.90 Å².